The fourth-order valence-corrected chi connectivity index (χ4v) is 19.9. The molecule has 12 atom stereocenters. The first-order chi connectivity index (χ1) is 60.9. The monoisotopic (exact) mass is 1820 g/mol. The molecular weight excluding hydrogens is 1730 g/mol. The van der Waals surface area contributed by atoms with Gasteiger partial charge in [-0.25, -0.2) is 70.2 Å². The van der Waals surface area contributed by atoms with Crippen molar-refractivity contribution in [3.63, 3.8) is 0 Å². The normalized spacial score (nSPS) is 23.2. The van der Waals surface area contributed by atoms with Crippen molar-refractivity contribution in [3.05, 3.63) is 294 Å². The third kappa shape index (κ3) is 19.2. The molecule has 3 N–H and O–H groups in total. The molecule has 0 unspecified atom stereocenters. The molecule has 0 spiro atoms. The lowest BCUT2D eigenvalue weighted by Gasteiger charge is -2.32. The molecule has 0 aliphatic heterocycles. The van der Waals surface area contributed by atoms with Crippen LogP contribution >= 0.6 is 11.6 Å². The number of ether oxygens (including phenoxy) is 6. The Kier molecular flexibility index (Phi) is 29.3. The number of nitrogens with zero attached hydrogens (tertiary/aromatic N) is 4. The Labute approximate surface area is 739 Å². The molecule has 31 heteroatoms. The van der Waals surface area contributed by atoms with Crippen molar-refractivity contribution in [2.75, 3.05) is 41.0 Å². The van der Waals surface area contributed by atoms with Crippen LogP contribution < -0.4 is 0 Å². The molecule has 14 nitrogen and oxygen atoms in total. The number of rotatable bonds is 17. The summed E-state index contributed by atoms with van der Waals surface area (Å²) in [4.78, 5) is 11.9. The second-order valence-corrected chi connectivity index (χ2v) is 34.0. The molecule has 8 aliphatic rings. The van der Waals surface area contributed by atoms with Crippen molar-refractivity contribution in [1.82, 2.24) is 0 Å². The summed E-state index contributed by atoms with van der Waals surface area (Å²) in [5, 5.41) is 69.2. The van der Waals surface area contributed by atoms with E-state index in [0.29, 0.717) is 75.1 Å². The predicted octanol–water partition coefficient (Wildman–Crippen LogP) is 24.3. The van der Waals surface area contributed by atoms with E-state index in [4.69, 9.17) is 40.0 Å². The van der Waals surface area contributed by atoms with Gasteiger partial charge in [-0.15, -0.1) is 0 Å². The first-order valence-corrected chi connectivity index (χ1v) is 42.0. The maximum atomic E-state index is 15.2. The zero-order valence-corrected chi connectivity index (χ0v) is 72.1. The van der Waals surface area contributed by atoms with Gasteiger partial charge in [-0.05, 0) is 248 Å². The van der Waals surface area contributed by atoms with E-state index in [1.807, 2.05) is 38.1 Å². The number of Topliss-reactive ketones (excluding diaryl/α,β-unsaturated/α-hetero) is 1. The van der Waals surface area contributed by atoms with Gasteiger partial charge in [-0.2, -0.15) is 21.0 Å². The van der Waals surface area contributed by atoms with E-state index in [0.717, 1.165) is 60.9 Å². The van der Waals surface area contributed by atoms with Gasteiger partial charge in [0.25, 0.3) is 23.7 Å². The molecule has 0 radical (unpaired) electrons. The largest absolute Gasteiger partial charge is 0.499 e. The van der Waals surface area contributed by atoms with Crippen molar-refractivity contribution in [2.45, 2.75) is 221 Å². The van der Waals surface area contributed by atoms with Crippen molar-refractivity contribution >= 4 is 23.1 Å². The van der Waals surface area contributed by atoms with E-state index in [1.54, 1.807) is 31.2 Å². The molecule has 0 fully saturated rings. The van der Waals surface area contributed by atoms with Crippen LogP contribution in [0.3, 0.4) is 0 Å². The van der Waals surface area contributed by atoms with Crippen molar-refractivity contribution < 1.29 is 119 Å². The summed E-state index contributed by atoms with van der Waals surface area (Å²) < 4.78 is 263. The number of aliphatic hydroxyl groups is 3. The van der Waals surface area contributed by atoms with Gasteiger partial charge in [-0.1, -0.05) is 67.2 Å². The molecule has 0 aromatic heterocycles. The highest BCUT2D eigenvalue weighted by atomic mass is 35.5. The van der Waals surface area contributed by atoms with Crippen LogP contribution in [-0.4, -0.2) is 85.8 Å². The number of hydrogen-bond donors (Lipinski definition) is 3. The molecule has 8 aromatic rings. The first-order valence-electron chi connectivity index (χ1n) is 41.6. The maximum absolute atomic E-state index is 15.2. The van der Waals surface area contributed by atoms with Gasteiger partial charge >= 0.3 is 0 Å². The predicted molar refractivity (Wildman–Crippen MR) is 443 cm³/mol. The van der Waals surface area contributed by atoms with E-state index >= 15 is 8.78 Å². The summed E-state index contributed by atoms with van der Waals surface area (Å²) in [5.74, 6) is -17.8. The second-order valence-electron chi connectivity index (χ2n) is 33.5. The number of benzene rings is 8. The highest BCUT2D eigenvalue weighted by Gasteiger charge is 2.56. The topological polar surface area (TPSA) is 228 Å². The van der Waals surface area contributed by atoms with Crippen LogP contribution in [0.2, 0.25) is 5.02 Å². The Morgan fingerprint density at radius 2 is 0.752 bits per heavy atom. The number of allylic oxidation sites excluding steroid dienone is 1. The highest BCUT2D eigenvalue weighted by Crippen LogP contribution is 2.59. The maximum Gasteiger partial charge on any atom is 0.282 e. The number of carbonyl (C=O) groups is 1. The lowest BCUT2D eigenvalue weighted by Crippen LogP contribution is -2.25. The van der Waals surface area contributed by atoms with E-state index in [1.165, 1.54) is 59.3 Å². The summed E-state index contributed by atoms with van der Waals surface area (Å²) in [5.41, 5.74) is 4.01. The smallest absolute Gasteiger partial charge is 0.282 e. The van der Waals surface area contributed by atoms with E-state index in [9.17, 15) is 103 Å². The minimum Gasteiger partial charge on any atom is -0.499 e. The number of hydrogen-bond acceptors (Lipinski definition) is 14. The number of aliphatic hydroxyl groups excluding tert-OH is 2. The second kappa shape index (κ2) is 38.8. The van der Waals surface area contributed by atoms with Crippen LogP contribution in [-0.2, 0) is 59.7 Å². The number of fused-ring (bicyclic) bond motifs is 8. The quantitative estimate of drug-likeness (QED) is 0.0333. The lowest BCUT2D eigenvalue weighted by atomic mass is 9.73. The third-order valence-electron chi connectivity index (χ3n) is 24.8. The molecule has 682 valence electrons. The van der Waals surface area contributed by atoms with Gasteiger partial charge in [0, 0.05) is 96.4 Å². The third-order valence-corrected chi connectivity index (χ3v) is 25.2. The number of methoxy groups -OCH3 is 2. The molecule has 0 heterocycles. The van der Waals surface area contributed by atoms with Gasteiger partial charge in [0.2, 0.25) is 0 Å². The highest BCUT2D eigenvalue weighted by molar-refractivity contribution is 6.31. The molecule has 16 rings (SSSR count). The van der Waals surface area contributed by atoms with Gasteiger partial charge in [-0.3, -0.25) is 4.79 Å². The zero-order valence-electron chi connectivity index (χ0n) is 71.3. The van der Waals surface area contributed by atoms with Gasteiger partial charge in [0.1, 0.15) is 79.5 Å². The summed E-state index contributed by atoms with van der Waals surface area (Å²) in [6.07, 6.45) is -14.4. The standard InChI is InChI=1S/C26H25F4NO3.C23H21F4NO2.C22H18ClF4NO2.C22H17F4NO2.C5H10O/c1-4-33-14(2)17-5-6-18(21-11-26(29,30)25(24(17)21)34-13-32-3)19-7-8-22(28)20-10-16(27)9-15(12-31)23(19)20;1-22(2,30)17-5-3-13(16-9-23(26,27)21(29)20(16)17)14-4-6-18(25)15-8-12(24)7-11(10-28)19(14)15;1-29-10-30-21-20-16(8-22(21,26)27)13(2-4-17(20)23)14-3-5-18(25)15-7-12(24)6-11(9-28)19(14)15;1-10(28)13-2-3-14(17-8-22(25,26)21(29)20(13)17)15-4-5-18(24)16-7-12(23)6-11(9-27)19(15)16;1-4-6-5(2)3/h5-6,9-10,19,22,25H,2,4,7-8,11,13H2,1,3H3;3,5,7-8,14,18,21,29-30H,4,6,9H2,1-2H3;2,4,6-7,14,18,21H,3,5,8,10H2,1H3;2-3,6-7,15,18,21,29H,4-5,8H2,1H3;2,4H2,1,3H3/t19-,22+,25+;2*14-,18+,21+;15-,18+,21+;/m1111./s1. The summed E-state index contributed by atoms with van der Waals surface area (Å²) >= 11 is 6.27. The molecule has 129 heavy (non-hydrogen) atoms. The average Bonchev–Trinajstić information content (AvgIpc) is 1.63. The number of nitriles is 4. The van der Waals surface area contributed by atoms with Crippen molar-refractivity contribution in [3.8, 4) is 24.3 Å². The number of halogens is 17. The van der Waals surface area contributed by atoms with Crippen LogP contribution in [0, 0.1) is 68.6 Å². The lowest BCUT2D eigenvalue weighted by molar-refractivity contribution is -0.169. The van der Waals surface area contributed by atoms with Crippen molar-refractivity contribution in [1.29, 1.82) is 21.0 Å². The molecule has 0 saturated carbocycles. The summed E-state index contributed by atoms with van der Waals surface area (Å²) in [7, 11) is 2.68. The van der Waals surface area contributed by atoms with Crippen LogP contribution in [0.4, 0.5) is 70.2 Å². The summed E-state index contributed by atoms with van der Waals surface area (Å²) in [6, 6.07) is 28.6. The molecule has 0 amide bonds. The number of ketones is 1. The first kappa shape index (κ1) is 97.4. The molecular formula is C98H91ClF16N4O10. The Bertz CT molecular complexity index is 5870. The SMILES string of the molecule is C=C(C)OCC.C=C(OCC)c1ccc([C@H]2CC[C@H](F)c3cc(F)cc(C#N)c32)c2c1[C@H](OCOC)C(F)(F)C2.CC(=O)c1ccc([C@H]2CC[C@H](F)c3cc(F)cc(C#N)c32)c2c1[C@H](O)C(F)(F)C2.CC(C)(O)c1ccc([C@H]2CC[C@H](F)c3cc(F)cc(C#N)c32)c2c1[C@H](O)C(F)(F)C2.COCO[C@H]1c2c(Cl)ccc([C@H]3CC[C@H](F)c4cc(F)cc(C#N)c43)c2CC1(F)F. The molecule has 0 saturated heterocycles. The molecule has 8 aliphatic carbocycles. The Morgan fingerprint density at radius 1 is 0.442 bits per heavy atom. The zero-order chi connectivity index (χ0) is 94.3. The fraction of sp³-hybridized carbons (Fsp3) is 0.418. The van der Waals surface area contributed by atoms with E-state index in [-0.39, 0.29) is 157 Å². The molecule has 8 aromatic carbocycles. The molecule has 0 bridgehead atoms. The van der Waals surface area contributed by atoms with Gasteiger partial charge < -0.3 is 43.7 Å². The van der Waals surface area contributed by atoms with Crippen LogP contribution in [0.5, 0.6) is 0 Å². The van der Waals surface area contributed by atoms with Crippen LogP contribution in [0.25, 0.3) is 5.76 Å². The number of carbonyl (C=O) groups excluding carboxylic acids is 1. The van der Waals surface area contributed by atoms with Crippen LogP contribution in [0.15, 0.2) is 116 Å². The van der Waals surface area contributed by atoms with Crippen molar-refractivity contribution in [2.24, 2.45) is 0 Å². The fourth-order valence-electron chi connectivity index (χ4n) is 19.6. The Morgan fingerprint density at radius 3 is 1.08 bits per heavy atom. The Hall–Kier alpha value is -10.6. The summed E-state index contributed by atoms with van der Waals surface area (Å²) in [6.45, 7) is 17.5. The average molecular weight is 1820 g/mol. The Balaban J connectivity index is 0.000000153. The van der Waals surface area contributed by atoms with Gasteiger partial charge in [0.15, 0.2) is 18.0 Å². The van der Waals surface area contributed by atoms with E-state index < -0.39 is 157 Å². The number of alkyl halides is 12. The minimum absolute atomic E-state index is 0.0100. The van der Waals surface area contributed by atoms with E-state index in [2.05, 4.69) is 13.2 Å². The van der Waals surface area contributed by atoms with Gasteiger partial charge in [0.05, 0.1) is 71.1 Å². The minimum atomic E-state index is -3.44. The van der Waals surface area contributed by atoms with Crippen LogP contribution in [0.1, 0.15) is 321 Å².